The first kappa shape index (κ1) is 14.2. The van der Waals surface area contributed by atoms with Gasteiger partial charge < -0.3 is 0 Å². The highest BCUT2D eigenvalue weighted by Gasteiger charge is 2.29. The number of rotatable bonds is 3. The van der Waals surface area contributed by atoms with Gasteiger partial charge in [0.1, 0.15) is 0 Å². The van der Waals surface area contributed by atoms with Crippen LogP contribution in [0.15, 0.2) is 30.3 Å². The molecule has 0 atom stereocenters. The van der Waals surface area contributed by atoms with Gasteiger partial charge in [-0.3, -0.25) is 9.63 Å². The fourth-order valence-electron chi connectivity index (χ4n) is 1.15. The van der Waals surface area contributed by atoms with Crippen LogP contribution in [0, 0.1) is 0 Å². The Balaban J connectivity index is 2.76. The second-order valence-corrected chi connectivity index (χ2v) is 3.47. The van der Waals surface area contributed by atoms with E-state index in [-0.39, 0.29) is 0 Å². The summed E-state index contributed by atoms with van der Waals surface area (Å²) in [5.41, 5.74) is -0.221. The Morgan fingerprint density at radius 3 is 2.28 bits per heavy atom. The van der Waals surface area contributed by atoms with E-state index >= 15 is 0 Å². The smallest absolute Gasteiger partial charge is 0.274 e. The first-order valence-corrected chi connectivity index (χ1v) is 5.01. The SMILES string of the molecule is CON(C)C(=O)/C=C/c1ccc(C(F)(F)F)cc1. The summed E-state index contributed by atoms with van der Waals surface area (Å²) < 4.78 is 36.9. The fraction of sp³-hybridized carbons (Fsp3) is 0.250. The molecular formula is C12H12F3NO2. The van der Waals surface area contributed by atoms with Crippen LogP contribution in [0.1, 0.15) is 11.1 Å². The molecular weight excluding hydrogens is 247 g/mol. The molecule has 6 heteroatoms. The molecule has 0 aliphatic carbocycles. The lowest BCUT2D eigenvalue weighted by molar-refractivity contribution is -0.162. The highest BCUT2D eigenvalue weighted by atomic mass is 19.4. The van der Waals surface area contributed by atoms with E-state index in [1.165, 1.54) is 38.4 Å². The van der Waals surface area contributed by atoms with Crippen LogP contribution in [0.3, 0.4) is 0 Å². The van der Waals surface area contributed by atoms with Crippen LogP contribution < -0.4 is 0 Å². The Bertz CT molecular complexity index is 438. The highest BCUT2D eigenvalue weighted by Crippen LogP contribution is 2.29. The van der Waals surface area contributed by atoms with E-state index in [1.807, 2.05) is 0 Å². The molecule has 98 valence electrons. The summed E-state index contributed by atoms with van der Waals surface area (Å²) in [5, 5.41) is 1.00. The minimum atomic E-state index is -4.35. The topological polar surface area (TPSA) is 29.5 Å². The summed E-state index contributed by atoms with van der Waals surface area (Å²) >= 11 is 0. The Hall–Kier alpha value is -1.82. The third kappa shape index (κ3) is 3.89. The number of likely N-dealkylation sites (N-methyl/N-ethyl adjacent to an activating group) is 1. The summed E-state index contributed by atoms with van der Waals surface area (Å²) in [6.07, 6.45) is -1.72. The normalized spacial score (nSPS) is 11.8. The van der Waals surface area contributed by atoms with Gasteiger partial charge in [-0.1, -0.05) is 12.1 Å². The molecule has 0 saturated carbocycles. The summed E-state index contributed by atoms with van der Waals surface area (Å²) in [7, 11) is 2.77. The third-order valence-electron chi connectivity index (χ3n) is 2.24. The van der Waals surface area contributed by atoms with Crippen LogP contribution in [-0.2, 0) is 15.8 Å². The van der Waals surface area contributed by atoms with Crippen molar-refractivity contribution < 1.29 is 22.8 Å². The zero-order chi connectivity index (χ0) is 13.8. The minimum absolute atomic E-state index is 0.405. The molecule has 0 spiro atoms. The molecule has 0 aromatic heterocycles. The largest absolute Gasteiger partial charge is 0.416 e. The number of benzene rings is 1. The van der Waals surface area contributed by atoms with Crippen LogP contribution >= 0.6 is 0 Å². The van der Waals surface area contributed by atoms with Crippen LogP contribution in [0.5, 0.6) is 0 Å². The van der Waals surface area contributed by atoms with Crippen molar-refractivity contribution in [2.45, 2.75) is 6.18 Å². The van der Waals surface area contributed by atoms with E-state index in [1.54, 1.807) is 0 Å². The van der Waals surface area contributed by atoms with Gasteiger partial charge in [-0.15, -0.1) is 0 Å². The first-order valence-electron chi connectivity index (χ1n) is 5.01. The maximum atomic E-state index is 12.3. The van der Waals surface area contributed by atoms with Gasteiger partial charge >= 0.3 is 6.18 Å². The molecule has 0 aliphatic rings. The molecule has 0 radical (unpaired) electrons. The van der Waals surface area contributed by atoms with Crippen molar-refractivity contribution in [2.75, 3.05) is 14.2 Å². The molecule has 0 fully saturated rings. The van der Waals surface area contributed by atoms with Gasteiger partial charge in [0.05, 0.1) is 12.7 Å². The summed E-state index contributed by atoms with van der Waals surface area (Å²) in [5.74, 6) is -0.405. The van der Waals surface area contributed by atoms with Gasteiger partial charge in [-0.05, 0) is 23.8 Å². The predicted molar refractivity (Wildman–Crippen MR) is 60.3 cm³/mol. The second-order valence-electron chi connectivity index (χ2n) is 3.47. The minimum Gasteiger partial charge on any atom is -0.274 e. The van der Waals surface area contributed by atoms with Gasteiger partial charge in [0, 0.05) is 13.1 Å². The maximum Gasteiger partial charge on any atom is 0.416 e. The van der Waals surface area contributed by atoms with Crippen molar-refractivity contribution in [3.05, 3.63) is 41.5 Å². The molecule has 0 N–H and O–H groups in total. The van der Waals surface area contributed by atoms with Gasteiger partial charge in [-0.2, -0.15) is 13.2 Å². The molecule has 0 aliphatic heterocycles. The van der Waals surface area contributed by atoms with Crippen LogP contribution in [-0.4, -0.2) is 25.1 Å². The monoisotopic (exact) mass is 259 g/mol. The lowest BCUT2D eigenvalue weighted by Gasteiger charge is -2.10. The van der Waals surface area contributed by atoms with Gasteiger partial charge in [0.15, 0.2) is 0 Å². The van der Waals surface area contributed by atoms with E-state index in [0.717, 1.165) is 17.2 Å². The summed E-state index contributed by atoms with van der Waals surface area (Å²) in [4.78, 5) is 16.0. The molecule has 0 saturated heterocycles. The predicted octanol–water partition coefficient (Wildman–Crippen LogP) is 2.74. The van der Waals surface area contributed by atoms with Crippen molar-refractivity contribution in [3.8, 4) is 0 Å². The molecule has 1 amide bonds. The molecule has 0 heterocycles. The number of carbonyl (C=O) groups is 1. The lowest BCUT2D eigenvalue weighted by atomic mass is 10.1. The number of hydrogen-bond donors (Lipinski definition) is 0. The molecule has 1 aromatic rings. The summed E-state index contributed by atoms with van der Waals surface area (Å²) in [6, 6.07) is 4.51. The summed E-state index contributed by atoms with van der Waals surface area (Å²) in [6.45, 7) is 0. The first-order chi connectivity index (χ1) is 8.34. The van der Waals surface area contributed by atoms with E-state index in [9.17, 15) is 18.0 Å². The number of carbonyl (C=O) groups excluding carboxylic acids is 1. The van der Waals surface area contributed by atoms with Crippen molar-refractivity contribution in [3.63, 3.8) is 0 Å². The molecule has 1 aromatic carbocycles. The number of hydroxylamine groups is 2. The number of halogens is 3. The second kappa shape index (κ2) is 5.68. The number of amides is 1. The molecule has 3 nitrogen and oxygen atoms in total. The number of hydrogen-bond acceptors (Lipinski definition) is 2. The maximum absolute atomic E-state index is 12.3. The average Bonchev–Trinajstić information content (AvgIpc) is 2.34. The molecule has 18 heavy (non-hydrogen) atoms. The van der Waals surface area contributed by atoms with Crippen LogP contribution in [0.2, 0.25) is 0 Å². The van der Waals surface area contributed by atoms with Crippen LogP contribution in [0.25, 0.3) is 6.08 Å². The van der Waals surface area contributed by atoms with E-state index in [4.69, 9.17) is 0 Å². The van der Waals surface area contributed by atoms with Crippen molar-refractivity contribution in [1.82, 2.24) is 5.06 Å². The third-order valence-corrected chi connectivity index (χ3v) is 2.24. The Labute approximate surface area is 102 Å². The fourth-order valence-corrected chi connectivity index (χ4v) is 1.15. The van der Waals surface area contributed by atoms with Crippen LogP contribution in [0.4, 0.5) is 13.2 Å². The molecule has 0 unspecified atom stereocenters. The zero-order valence-corrected chi connectivity index (χ0v) is 9.86. The quantitative estimate of drug-likeness (QED) is 0.617. The highest BCUT2D eigenvalue weighted by molar-refractivity contribution is 5.90. The van der Waals surface area contributed by atoms with Crippen molar-refractivity contribution in [1.29, 1.82) is 0 Å². The molecule has 0 bridgehead atoms. The lowest BCUT2D eigenvalue weighted by Crippen LogP contribution is -2.22. The zero-order valence-electron chi connectivity index (χ0n) is 9.86. The Kier molecular flexibility index (Phi) is 4.49. The van der Waals surface area contributed by atoms with Crippen molar-refractivity contribution in [2.24, 2.45) is 0 Å². The van der Waals surface area contributed by atoms with E-state index in [0.29, 0.717) is 5.56 Å². The van der Waals surface area contributed by atoms with E-state index < -0.39 is 17.6 Å². The molecule has 1 rings (SSSR count). The number of alkyl halides is 3. The van der Waals surface area contributed by atoms with E-state index in [2.05, 4.69) is 4.84 Å². The average molecular weight is 259 g/mol. The number of nitrogens with zero attached hydrogens (tertiary/aromatic N) is 1. The standard InChI is InChI=1S/C12H12F3NO2/c1-16(18-2)11(17)8-5-9-3-6-10(7-4-9)12(13,14)15/h3-8H,1-2H3/b8-5+. The van der Waals surface area contributed by atoms with Gasteiger partial charge in [-0.25, -0.2) is 5.06 Å². The van der Waals surface area contributed by atoms with Crippen molar-refractivity contribution >= 4 is 12.0 Å². The van der Waals surface area contributed by atoms with Gasteiger partial charge in [0.25, 0.3) is 5.91 Å². The Morgan fingerprint density at radius 1 is 1.28 bits per heavy atom. The van der Waals surface area contributed by atoms with Gasteiger partial charge in [0.2, 0.25) is 0 Å². The Morgan fingerprint density at radius 2 is 1.83 bits per heavy atom.